The molecule has 0 amide bonds. The van der Waals surface area contributed by atoms with Gasteiger partial charge in [-0.3, -0.25) is 4.79 Å². The number of hydrogen-bond donors (Lipinski definition) is 0. The fourth-order valence-corrected chi connectivity index (χ4v) is 6.29. The number of epoxide rings is 2. The number of cyclic esters (lactones) is 1. The van der Waals surface area contributed by atoms with E-state index in [2.05, 4.69) is 26.8 Å². The molecule has 5 heteroatoms. The molecule has 5 nitrogen and oxygen atoms in total. The molecule has 3 aliphatic carbocycles. The van der Waals surface area contributed by atoms with Gasteiger partial charge in [-0.2, -0.15) is 0 Å². The van der Waals surface area contributed by atoms with Crippen LogP contribution in [0.1, 0.15) is 40.0 Å². The standard InChI is InChI=1S/C20H22O5/c1-9(2)19-15(24-19)7-13-18(3)5-4-10-11(8-23-16(10)21)12(18)6-14-20(13,25-14)17(19)22/h7,9,12,14-15H,4-6,8H2,1-3H3/t12-,14+,15-,18+,19-,20-/m1/s1. The molecular formula is C20H22O5. The van der Waals surface area contributed by atoms with E-state index in [1.165, 1.54) is 0 Å². The SMILES string of the molecule is CC(C)[C@@]12O[C@@H]1C=C1[C@]3(O[C@H]3C[C@@H]3C4=C(CC[C@]13C)C(=O)OC4)C2=O. The molecule has 0 bridgehead atoms. The van der Waals surface area contributed by atoms with Gasteiger partial charge in [-0.05, 0) is 53.7 Å². The fourth-order valence-electron chi connectivity index (χ4n) is 6.29. The van der Waals surface area contributed by atoms with Gasteiger partial charge in [-0.15, -0.1) is 0 Å². The normalized spacial score (nSPS) is 51.8. The van der Waals surface area contributed by atoms with Gasteiger partial charge >= 0.3 is 5.97 Å². The zero-order chi connectivity index (χ0) is 17.4. The van der Waals surface area contributed by atoms with Crippen LogP contribution in [0.15, 0.2) is 22.8 Å². The summed E-state index contributed by atoms with van der Waals surface area (Å²) in [4.78, 5) is 25.4. The van der Waals surface area contributed by atoms with Crippen LogP contribution in [0.2, 0.25) is 0 Å². The molecule has 1 saturated carbocycles. The number of carbonyl (C=O) groups is 2. The highest BCUT2D eigenvalue weighted by molar-refractivity contribution is 6.06. The summed E-state index contributed by atoms with van der Waals surface area (Å²) < 4.78 is 17.4. The molecule has 0 aromatic heterocycles. The molecule has 3 heterocycles. The molecule has 0 N–H and O–H groups in total. The molecule has 2 saturated heterocycles. The zero-order valence-corrected chi connectivity index (χ0v) is 14.8. The smallest absolute Gasteiger partial charge is 0.334 e. The number of fused-ring (bicyclic) bond motifs is 4. The second-order valence-electron chi connectivity index (χ2n) is 9.02. The van der Waals surface area contributed by atoms with Crippen LogP contribution in [-0.4, -0.2) is 41.8 Å². The molecule has 0 aromatic carbocycles. The van der Waals surface area contributed by atoms with Crippen molar-refractivity contribution in [3.8, 4) is 0 Å². The Bertz CT molecular complexity index is 822. The minimum Gasteiger partial charge on any atom is -0.458 e. The quantitative estimate of drug-likeness (QED) is 0.415. The Hall–Kier alpha value is -1.46. The molecule has 0 unspecified atom stereocenters. The van der Waals surface area contributed by atoms with Crippen molar-refractivity contribution in [3.63, 3.8) is 0 Å². The molecule has 3 fully saturated rings. The third-order valence-electron chi connectivity index (χ3n) is 7.82. The van der Waals surface area contributed by atoms with Crippen molar-refractivity contribution in [2.24, 2.45) is 17.3 Å². The minimum absolute atomic E-state index is 0.0762. The highest BCUT2D eigenvalue weighted by atomic mass is 16.6. The van der Waals surface area contributed by atoms with Crippen molar-refractivity contribution in [1.29, 1.82) is 0 Å². The lowest BCUT2D eigenvalue weighted by molar-refractivity contribution is -0.136. The number of carbonyl (C=O) groups excluding carboxylic acids is 2. The van der Waals surface area contributed by atoms with Crippen LogP contribution in [-0.2, 0) is 23.8 Å². The van der Waals surface area contributed by atoms with Gasteiger partial charge in [0.15, 0.2) is 11.2 Å². The molecule has 0 radical (unpaired) electrons. The zero-order valence-electron chi connectivity index (χ0n) is 14.8. The van der Waals surface area contributed by atoms with E-state index in [9.17, 15) is 9.59 Å². The van der Waals surface area contributed by atoms with E-state index in [-0.39, 0.29) is 41.2 Å². The lowest BCUT2D eigenvalue weighted by Crippen LogP contribution is -2.55. The van der Waals surface area contributed by atoms with Gasteiger partial charge in [0.2, 0.25) is 5.78 Å². The highest BCUT2D eigenvalue weighted by Crippen LogP contribution is 2.70. The summed E-state index contributed by atoms with van der Waals surface area (Å²) >= 11 is 0. The van der Waals surface area contributed by atoms with Gasteiger partial charge in [0, 0.05) is 5.57 Å². The first-order chi connectivity index (χ1) is 11.9. The summed E-state index contributed by atoms with van der Waals surface area (Å²) in [6.45, 7) is 6.76. The van der Waals surface area contributed by atoms with Crippen LogP contribution in [0.3, 0.4) is 0 Å². The van der Waals surface area contributed by atoms with Crippen LogP contribution in [0.25, 0.3) is 0 Å². The van der Waals surface area contributed by atoms with E-state index < -0.39 is 11.2 Å². The predicted molar refractivity (Wildman–Crippen MR) is 86.6 cm³/mol. The summed E-state index contributed by atoms with van der Waals surface area (Å²) in [6.07, 6.45) is 4.40. The van der Waals surface area contributed by atoms with Gasteiger partial charge in [-0.25, -0.2) is 4.79 Å². The van der Waals surface area contributed by atoms with Crippen molar-refractivity contribution in [2.45, 2.75) is 63.4 Å². The first-order valence-corrected chi connectivity index (χ1v) is 9.38. The first kappa shape index (κ1) is 14.7. The molecule has 132 valence electrons. The Morgan fingerprint density at radius 3 is 2.80 bits per heavy atom. The predicted octanol–water partition coefficient (Wildman–Crippen LogP) is 2.10. The second-order valence-corrected chi connectivity index (χ2v) is 9.02. The number of esters is 1. The Kier molecular flexibility index (Phi) is 2.31. The Labute approximate surface area is 146 Å². The highest BCUT2D eigenvalue weighted by Gasteiger charge is 2.82. The average Bonchev–Trinajstić information content (AvgIpc) is 3.44. The second kappa shape index (κ2) is 3.94. The summed E-state index contributed by atoms with van der Waals surface area (Å²) in [5, 5.41) is 0. The maximum atomic E-state index is 13.4. The molecular weight excluding hydrogens is 320 g/mol. The van der Waals surface area contributed by atoms with E-state index in [0.29, 0.717) is 6.61 Å². The monoisotopic (exact) mass is 342 g/mol. The van der Waals surface area contributed by atoms with Gasteiger partial charge in [-0.1, -0.05) is 20.8 Å². The number of ketones is 1. The van der Waals surface area contributed by atoms with Gasteiger partial charge in [0.1, 0.15) is 18.8 Å². The average molecular weight is 342 g/mol. The number of ether oxygens (including phenoxy) is 3. The summed E-state index contributed by atoms with van der Waals surface area (Å²) in [7, 11) is 0. The van der Waals surface area contributed by atoms with Crippen LogP contribution >= 0.6 is 0 Å². The largest absolute Gasteiger partial charge is 0.458 e. The summed E-state index contributed by atoms with van der Waals surface area (Å²) in [5.41, 5.74) is 1.56. The van der Waals surface area contributed by atoms with Crippen molar-refractivity contribution in [1.82, 2.24) is 0 Å². The van der Waals surface area contributed by atoms with E-state index in [4.69, 9.17) is 14.2 Å². The van der Waals surface area contributed by atoms with Crippen molar-refractivity contribution < 1.29 is 23.8 Å². The fraction of sp³-hybridized carbons (Fsp3) is 0.700. The lowest BCUT2D eigenvalue weighted by atomic mass is 9.51. The Morgan fingerprint density at radius 2 is 2.04 bits per heavy atom. The topological polar surface area (TPSA) is 68.4 Å². The maximum Gasteiger partial charge on any atom is 0.334 e. The Balaban J connectivity index is 1.50. The van der Waals surface area contributed by atoms with E-state index in [1.807, 2.05) is 0 Å². The van der Waals surface area contributed by atoms with Crippen LogP contribution in [0, 0.1) is 17.3 Å². The minimum atomic E-state index is -0.760. The molecule has 6 atom stereocenters. The van der Waals surface area contributed by atoms with E-state index >= 15 is 0 Å². The van der Waals surface area contributed by atoms with Gasteiger partial charge in [0.25, 0.3) is 0 Å². The first-order valence-electron chi connectivity index (χ1n) is 9.38. The van der Waals surface area contributed by atoms with Crippen molar-refractivity contribution >= 4 is 11.8 Å². The molecule has 3 aliphatic heterocycles. The van der Waals surface area contributed by atoms with E-state index in [0.717, 1.165) is 36.0 Å². The molecule has 1 spiro atoms. The van der Waals surface area contributed by atoms with Crippen molar-refractivity contribution in [2.75, 3.05) is 6.61 Å². The van der Waals surface area contributed by atoms with Gasteiger partial charge in [0.05, 0.1) is 0 Å². The third kappa shape index (κ3) is 1.36. The molecule has 0 aromatic rings. The molecule has 6 aliphatic rings. The number of Topliss-reactive ketones (excluding diaryl/α,β-unsaturated/α-hetero) is 1. The molecule has 6 rings (SSSR count). The maximum absolute atomic E-state index is 13.4. The summed E-state index contributed by atoms with van der Waals surface area (Å²) in [5.74, 6) is 0.367. The summed E-state index contributed by atoms with van der Waals surface area (Å²) in [6, 6.07) is 0. The van der Waals surface area contributed by atoms with Crippen molar-refractivity contribution in [3.05, 3.63) is 22.8 Å². The van der Waals surface area contributed by atoms with E-state index in [1.54, 1.807) is 0 Å². The lowest BCUT2D eigenvalue weighted by Gasteiger charge is -2.49. The molecule has 25 heavy (non-hydrogen) atoms. The number of hydrogen-bond acceptors (Lipinski definition) is 5. The van der Waals surface area contributed by atoms with Gasteiger partial charge < -0.3 is 14.2 Å². The van der Waals surface area contributed by atoms with Crippen LogP contribution in [0.4, 0.5) is 0 Å². The van der Waals surface area contributed by atoms with Crippen LogP contribution in [0.5, 0.6) is 0 Å². The Morgan fingerprint density at radius 1 is 1.24 bits per heavy atom. The van der Waals surface area contributed by atoms with Crippen LogP contribution < -0.4 is 0 Å². The third-order valence-corrected chi connectivity index (χ3v) is 7.82. The number of rotatable bonds is 1.